The number of hydrogen-bond donors (Lipinski definition) is 1. The first-order chi connectivity index (χ1) is 11.1. The predicted octanol–water partition coefficient (Wildman–Crippen LogP) is 4.38. The van der Waals surface area contributed by atoms with Crippen LogP contribution in [0.1, 0.15) is 25.3 Å². The first-order valence-electron chi connectivity index (χ1n) is 7.21. The van der Waals surface area contributed by atoms with Crippen LogP contribution in [0, 0.1) is 0 Å². The van der Waals surface area contributed by atoms with E-state index in [1.165, 1.54) is 28.7 Å². The fourth-order valence-corrected chi connectivity index (χ4v) is 3.55. The smallest absolute Gasteiger partial charge is 0.226 e. The molecule has 1 N–H and O–H groups in total. The number of thioether (sulfide) groups is 1. The van der Waals surface area contributed by atoms with Gasteiger partial charge in [0.05, 0.1) is 11.1 Å². The third kappa shape index (κ3) is 5.78. The Hall–Kier alpha value is -1.12. The van der Waals surface area contributed by atoms with Crippen LogP contribution in [0.25, 0.3) is 0 Å². The van der Waals surface area contributed by atoms with Gasteiger partial charge in [0.2, 0.25) is 11.0 Å². The lowest BCUT2D eigenvalue weighted by Crippen LogP contribution is -2.12. The van der Waals surface area contributed by atoms with Crippen LogP contribution in [0.5, 0.6) is 5.75 Å². The van der Waals surface area contributed by atoms with Crippen LogP contribution >= 0.6 is 39.0 Å². The number of carbonyl (C=O) groups is 1. The highest BCUT2D eigenvalue weighted by molar-refractivity contribution is 9.10. The van der Waals surface area contributed by atoms with Crippen molar-refractivity contribution in [2.45, 2.75) is 30.5 Å². The van der Waals surface area contributed by atoms with E-state index in [1.54, 1.807) is 0 Å². The topological polar surface area (TPSA) is 64.1 Å². The molecule has 0 radical (unpaired) electrons. The third-order valence-electron chi connectivity index (χ3n) is 3.04. The molecule has 2 aromatic rings. The molecule has 1 aromatic carbocycles. The SMILES string of the molecule is CCc1ccc(OCCCC(=O)Nc2nnc(SC)s2)c(Br)c1. The number of nitrogens with zero attached hydrogens (tertiary/aromatic N) is 2. The number of amides is 1. The second-order valence-electron chi connectivity index (χ2n) is 4.70. The molecular weight excluding hydrogens is 398 g/mol. The van der Waals surface area contributed by atoms with Crippen molar-refractivity contribution in [2.75, 3.05) is 18.2 Å². The summed E-state index contributed by atoms with van der Waals surface area (Å²) in [6, 6.07) is 6.06. The zero-order chi connectivity index (χ0) is 16.7. The first kappa shape index (κ1) is 18.2. The molecule has 2 rings (SSSR count). The summed E-state index contributed by atoms with van der Waals surface area (Å²) in [6.45, 7) is 2.60. The third-order valence-corrected chi connectivity index (χ3v) is 5.47. The molecule has 0 fully saturated rings. The second-order valence-corrected chi connectivity index (χ2v) is 7.58. The lowest BCUT2D eigenvalue weighted by Gasteiger charge is -2.09. The Balaban J connectivity index is 1.71. The van der Waals surface area contributed by atoms with Gasteiger partial charge < -0.3 is 10.1 Å². The molecule has 8 heteroatoms. The highest BCUT2D eigenvalue weighted by atomic mass is 79.9. The van der Waals surface area contributed by atoms with Gasteiger partial charge in [-0.3, -0.25) is 4.79 Å². The van der Waals surface area contributed by atoms with Crippen LogP contribution in [0.2, 0.25) is 0 Å². The van der Waals surface area contributed by atoms with Crippen molar-refractivity contribution in [1.82, 2.24) is 10.2 Å². The van der Waals surface area contributed by atoms with Crippen molar-refractivity contribution in [3.05, 3.63) is 28.2 Å². The Morgan fingerprint density at radius 2 is 2.26 bits per heavy atom. The van der Waals surface area contributed by atoms with Gasteiger partial charge in [0.1, 0.15) is 5.75 Å². The first-order valence-corrected chi connectivity index (χ1v) is 10.0. The summed E-state index contributed by atoms with van der Waals surface area (Å²) in [5.41, 5.74) is 1.25. The Bertz CT molecular complexity index is 664. The van der Waals surface area contributed by atoms with Crippen molar-refractivity contribution < 1.29 is 9.53 Å². The highest BCUT2D eigenvalue weighted by Crippen LogP contribution is 2.26. The summed E-state index contributed by atoms with van der Waals surface area (Å²) in [5, 5.41) is 11.1. The van der Waals surface area contributed by atoms with E-state index in [2.05, 4.69) is 44.4 Å². The summed E-state index contributed by atoms with van der Waals surface area (Å²) in [6.07, 6.45) is 3.94. The molecule has 0 bridgehead atoms. The van der Waals surface area contributed by atoms with Crippen molar-refractivity contribution in [3.63, 3.8) is 0 Å². The molecule has 5 nitrogen and oxygen atoms in total. The molecule has 0 spiro atoms. The van der Waals surface area contributed by atoms with Gasteiger partial charge in [0, 0.05) is 6.42 Å². The van der Waals surface area contributed by atoms with E-state index in [1.807, 2.05) is 18.4 Å². The largest absolute Gasteiger partial charge is 0.492 e. The van der Waals surface area contributed by atoms with E-state index < -0.39 is 0 Å². The van der Waals surface area contributed by atoms with Gasteiger partial charge in [0.15, 0.2) is 4.34 Å². The zero-order valence-corrected chi connectivity index (χ0v) is 16.2. The van der Waals surface area contributed by atoms with E-state index in [-0.39, 0.29) is 5.91 Å². The number of carbonyl (C=O) groups excluding carboxylic acids is 1. The van der Waals surface area contributed by atoms with Crippen LogP contribution in [0.4, 0.5) is 5.13 Å². The minimum absolute atomic E-state index is 0.0715. The lowest BCUT2D eigenvalue weighted by atomic mass is 10.2. The molecule has 1 heterocycles. The molecule has 23 heavy (non-hydrogen) atoms. The lowest BCUT2D eigenvalue weighted by molar-refractivity contribution is -0.116. The van der Waals surface area contributed by atoms with E-state index in [0.717, 1.165) is 21.0 Å². The number of anilines is 1. The quantitative estimate of drug-likeness (QED) is 0.393. The normalized spacial score (nSPS) is 10.6. The van der Waals surface area contributed by atoms with Crippen molar-refractivity contribution in [1.29, 1.82) is 0 Å². The van der Waals surface area contributed by atoms with Gasteiger partial charge in [-0.15, -0.1) is 10.2 Å². The van der Waals surface area contributed by atoms with Gasteiger partial charge in [-0.2, -0.15) is 0 Å². The monoisotopic (exact) mass is 415 g/mol. The number of nitrogens with one attached hydrogen (secondary N) is 1. The molecule has 0 aliphatic rings. The minimum atomic E-state index is -0.0715. The van der Waals surface area contributed by atoms with Gasteiger partial charge in [0.25, 0.3) is 0 Å². The van der Waals surface area contributed by atoms with Crippen LogP contribution in [-0.4, -0.2) is 29.0 Å². The fraction of sp³-hybridized carbons (Fsp3) is 0.400. The van der Waals surface area contributed by atoms with E-state index in [0.29, 0.717) is 24.6 Å². The number of hydrogen-bond acceptors (Lipinski definition) is 6. The molecule has 0 saturated heterocycles. The number of benzene rings is 1. The Kier molecular flexibility index (Phi) is 7.32. The number of ether oxygens (including phenoxy) is 1. The van der Waals surface area contributed by atoms with Crippen molar-refractivity contribution in [3.8, 4) is 5.75 Å². The maximum absolute atomic E-state index is 11.8. The fourth-order valence-electron chi connectivity index (χ4n) is 1.82. The van der Waals surface area contributed by atoms with Crippen molar-refractivity contribution >= 4 is 50.1 Å². The maximum Gasteiger partial charge on any atom is 0.226 e. The summed E-state index contributed by atoms with van der Waals surface area (Å²) < 4.78 is 7.48. The molecule has 0 unspecified atom stereocenters. The second kappa shape index (κ2) is 9.24. The Morgan fingerprint density at radius 3 is 2.91 bits per heavy atom. The number of aromatic nitrogens is 2. The molecular formula is C15H18BrN3O2S2. The highest BCUT2D eigenvalue weighted by Gasteiger charge is 2.08. The molecule has 0 atom stereocenters. The number of halogens is 1. The molecule has 0 aliphatic carbocycles. The molecule has 0 saturated carbocycles. The van der Waals surface area contributed by atoms with E-state index in [9.17, 15) is 4.79 Å². The summed E-state index contributed by atoms with van der Waals surface area (Å²) >= 11 is 6.39. The number of rotatable bonds is 8. The summed E-state index contributed by atoms with van der Waals surface area (Å²) in [5.74, 6) is 0.731. The van der Waals surface area contributed by atoms with E-state index in [4.69, 9.17) is 4.74 Å². The standard InChI is InChI=1S/C15H18BrN3O2S2/c1-3-10-6-7-12(11(16)9-10)21-8-4-5-13(20)17-14-18-19-15(22-2)23-14/h6-7,9H,3-5,8H2,1-2H3,(H,17,18,20). The van der Waals surface area contributed by atoms with Crippen LogP contribution in [-0.2, 0) is 11.2 Å². The molecule has 124 valence electrons. The summed E-state index contributed by atoms with van der Waals surface area (Å²) in [7, 11) is 0. The van der Waals surface area contributed by atoms with Crippen LogP contribution < -0.4 is 10.1 Å². The zero-order valence-electron chi connectivity index (χ0n) is 13.0. The average Bonchev–Trinajstić information content (AvgIpc) is 3.00. The van der Waals surface area contributed by atoms with Gasteiger partial charge in [-0.05, 0) is 52.7 Å². The van der Waals surface area contributed by atoms with E-state index >= 15 is 0 Å². The molecule has 1 amide bonds. The van der Waals surface area contributed by atoms with Crippen molar-refractivity contribution in [2.24, 2.45) is 0 Å². The Morgan fingerprint density at radius 1 is 1.43 bits per heavy atom. The Labute approximate surface area is 152 Å². The number of aryl methyl sites for hydroxylation is 1. The average molecular weight is 416 g/mol. The minimum Gasteiger partial charge on any atom is -0.492 e. The van der Waals surface area contributed by atoms with Gasteiger partial charge in [-0.1, -0.05) is 36.1 Å². The predicted molar refractivity (Wildman–Crippen MR) is 98.6 cm³/mol. The van der Waals surface area contributed by atoms with Gasteiger partial charge in [-0.25, -0.2) is 0 Å². The van der Waals surface area contributed by atoms with Crippen LogP contribution in [0.3, 0.4) is 0 Å². The summed E-state index contributed by atoms with van der Waals surface area (Å²) in [4.78, 5) is 11.8. The molecule has 1 aromatic heterocycles. The van der Waals surface area contributed by atoms with Crippen LogP contribution in [0.15, 0.2) is 27.0 Å². The maximum atomic E-state index is 11.8. The van der Waals surface area contributed by atoms with Gasteiger partial charge >= 0.3 is 0 Å². The molecule has 0 aliphatic heterocycles.